The van der Waals surface area contributed by atoms with Crippen LogP contribution in [0.15, 0.2) is 44.4 Å². The number of carboxylic acids is 1. The Morgan fingerprint density at radius 3 is 2.46 bits per heavy atom. The second-order valence-electron chi connectivity index (χ2n) is 5.22. The molecular weight excluding hydrogens is 336 g/mol. The van der Waals surface area contributed by atoms with E-state index in [1.54, 1.807) is 0 Å². The summed E-state index contributed by atoms with van der Waals surface area (Å²) >= 11 is 0. The number of methoxy groups -OCH3 is 1. The van der Waals surface area contributed by atoms with E-state index in [0.29, 0.717) is 0 Å². The Morgan fingerprint density at radius 1 is 1.17 bits per heavy atom. The number of rotatable bonds is 3. The first-order chi connectivity index (χ1) is 11.2. The molecule has 0 aliphatic rings. The molecule has 0 amide bonds. The van der Waals surface area contributed by atoms with Crippen molar-refractivity contribution < 1.29 is 27.5 Å². The van der Waals surface area contributed by atoms with Gasteiger partial charge in [0.1, 0.15) is 16.2 Å². The van der Waals surface area contributed by atoms with E-state index in [4.69, 9.17) is 14.3 Å². The molecule has 0 fully saturated rings. The molecule has 8 heteroatoms. The van der Waals surface area contributed by atoms with Crippen molar-refractivity contribution in [2.75, 3.05) is 13.4 Å². The summed E-state index contributed by atoms with van der Waals surface area (Å²) in [6.07, 6.45) is 0.999. The number of ether oxygens (including phenoxy) is 1. The number of carboxylic acid groups (broad SMARTS) is 1. The fourth-order valence-electron chi connectivity index (χ4n) is 2.43. The molecule has 1 heterocycles. The molecule has 3 aromatic rings. The summed E-state index contributed by atoms with van der Waals surface area (Å²) < 4.78 is 34.7. The molecule has 7 nitrogen and oxygen atoms in total. The van der Waals surface area contributed by atoms with Gasteiger partial charge in [-0.2, -0.15) is 0 Å². The van der Waals surface area contributed by atoms with Crippen LogP contribution in [-0.4, -0.2) is 32.9 Å². The minimum Gasteiger partial charge on any atom is -0.497 e. The Labute approximate surface area is 136 Å². The number of hydrogen-bond donors (Lipinski definition) is 1. The fourth-order valence-corrected chi connectivity index (χ4v) is 3.25. The van der Waals surface area contributed by atoms with Crippen LogP contribution in [0, 0.1) is 0 Å². The van der Waals surface area contributed by atoms with Crippen LogP contribution < -0.4 is 10.2 Å². The third-order valence-electron chi connectivity index (χ3n) is 3.59. The topological polar surface area (TPSA) is 111 Å². The lowest BCUT2D eigenvalue weighted by Gasteiger charge is -2.09. The van der Waals surface area contributed by atoms with Gasteiger partial charge < -0.3 is 14.3 Å². The van der Waals surface area contributed by atoms with Crippen LogP contribution in [0.2, 0.25) is 0 Å². The van der Waals surface area contributed by atoms with Gasteiger partial charge in [-0.3, -0.25) is 4.79 Å². The lowest BCUT2D eigenvalue weighted by molar-refractivity contribution is 0.0697. The van der Waals surface area contributed by atoms with Gasteiger partial charge in [0, 0.05) is 12.3 Å². The van der Waals surface area contributed by atoms with Crippen LogP contribution in [0.1, 0.15) is 10.4 Å². The Bertz CT molecular complexity index is 1160. The zero-order valence-electron chi connectivity index (χ0n) is 12.7. The lowest BCUT2D eigenvalue weighted by Crippen LogP contribution is -2.08. The van der Waals surface area contributed by atoms with Crippen LogP contribution in [0.3, 0.4) is 0 Å². The molecule has 2 aromatic carbocycles. The molecule has 0 atom stereocenters. The van der Waals surface area contributed by atoms with Crippen LogP contribution in [0.25, 0.3) is 21.9 Å². The predicted molar refractivity (Wildman–Crippen MR) is 86.6 cm³/mol. The summed E-state index contributed by atoms with van der Waals surface area (Å²) in [5.41, 5.74) is -0.579. The van der Waals surface area contributed by atoms with Gasteiger partial charge in [-0.15, -0.1) is 0 Å². The van der Waals surface area contributed by atoms with E-state index < -0.39 is 21.2 Å². The van der Waals surface area contributed by atoms with E-state index in [-0.39, 0.29) is 38.1 Å². The third kappa shape index (κ3) is 2.50. The summed E-state index contributed by atoms with van der Waals surface area (Å²) in [5, 5.41) is 9.10. The van der Waals surface area contributed by atoms with Crippen molar-refractivity contribution in [2.24, 2.45) is 0 Å². The molecule has 0 bridgehead atoms. The zero-order valence-corrected chi connectivity index (χ0v) is 13.5. The second-order valence-corrected chi connectivity index (χ2v) is 7.21. The first-order valence-corrected chi connectivity index (χ1v) is 8.63. The van der Waals surface area contributed by atoms with Crippen LogP contribution in [-0.2, 0) is 9.84 Å². The lowest BCUT2D eigenvalue weighted by atomic mass is 10.1. The molecule has 0 aliphatic carbocycles. The van der Waals surface area contributed by atoms with Crippen molar-refractivity contribution >= 4 is 37.7 Å². The molecule has 0 saturated carbocycles. The molecule has 3 rings (SSSR count). The van der Waals surface area contributed by atoms with Crippen molar-refractivity contribution in [2.45, 2.75) is 4.90 Å². The average Bonchev–Trinajstić information content (AvgIpc) is 2.53. The maximum absolute atomic E-state index is 12.7. The monoisotopic (exact) mass is 348 g/mol. The number of fused-ring (bicyclic) bond motifs is 2. The highest BCUT2D eigenvalue weighted by molar-refractivity contribution is 7.91. The number of benzene rings is 2. The predicted octanol–water partition coefficient (Wildman–Crippen LogP) is 2.06. The van der Waals surface area contributed by atoms with Gasteiger partial charge in [0.25, 0.3) is 0 Å². The van der Waals surface area contributed by atoms with Gasteiger partial charge in [-0.25, -0.2) is 13.2 Å². The minimum absolute atomic E-state index is 0.00446. The molecule has 24 heavy (non-hydrogen) atoms. The Hall–Kier alpha value is -2.87. The Balaban J connectivity index is 2.54. The molecule has 0 saturated heterocycles. The second kappa shape index (κ2) is 5.34. The van der Waals surface area contributed by atoms with Crippen LogP contribution in [0.5, 0.6) is 5.75 Å². The molecule has 0 aliphatic heterocycles. The number of carbonyl (C=O) groups is 1. The normalized spacial score (nSPS) is 11.8. The molecule has 0 unspecified atom stereocenters. The molecule has 1 N–H and O–H groups in total. The van der Waals surface area contributed by atoms with Gasteiger partial charge in [0.05, 0.1) is 23.4 Å². The third-order valence-corrected chi connectivity index (χ3v) is 4.69. The van der Waals surface area contributed by atoms with Gasteiger partial charge in [-0.1, -0.05) is 0 Å². The number of aromatic carboxylic acids is 1. The molecule has 0 spiro atoms. The summed E-state index contributed by atoms with van der Waals surface area (Å²) in [7, 11) is -2.33. The van der Waals surface area contributed by atoms with Gasteiger partial charge in [0.15, 0.2) is 15.4 Å². The number of hydrogen-bond acceptors (Lipinski definition) is 6. The van der Waals surface area contributed by atoms with E-state index in [2.05, 4.69) is 0 Å². The van der Waals surface area contributed by atoms with Gasteiger partial charge in [-0.05, 0) is 24.3 Å². The van der Waals surface area contributed by atoms with Crippen molar-refractivity contribution in [1.29, 1.82) is 0 Å². The summed E-state index contributed by atoms with van der Waals surface area (Å²) in [6.45, 7) is 0. The Kier molecular flexibility index (Phi) is 3.56. The van der Waals surface area contributed by atoms with E-state index >= 15 is 0 Å². The zero-order chi connectivity index (χ0) is 17.6. The molecule has 0 radical (unpaired) electrons. The van der Waals surface area contributed by atoms with E-state index in [0.717, 1.165) is 6.26 Å². The maximum Gasteiger partial charge on any atom is 0.335 e. The Morgan fingerprint density at radius 2 is 1.88 bits per heavy atom. The summed E-state index contributed by atoms with van der Waals surface area (Å²) in [6, 6.07) is 6.45. The van der Waals surface area contributed by atoms with Gasteiger partial charge >= 0.3 is 5.97 Å². The summed E-state index contributed by atoms with van der Waals surface area (Å²) in [4.78, 5) is 23.6. The van der Waals surface area contributed by atoms with Crippen molar-refractivity contribution in [3.63, 3.8) is 0 Å². The smallest absolute Gasteiger partial charge is 0.335 e. The first-order valence-electron chi connectivity index (χ1n) is 6.74. The molecule has 1 aromatic heterocycles. The highest BCUT2D eigenvalue weighted by Gasteiger charge is 2.20. The van der Waals surface area contributed by atoms with Crippen molar-refractivity contribution in [1.82, 2.24) is 0 Å². The summed E-state index contributed by atoms with van der Waals surface area (Å²) in [5.74, 6) is -0.997. The van der Waals surface area contributed by atoms with Crippen molar-refractivity contribution in [3.05, 3.63) is 46.1 Å². The first kappa shape index (κ1) is 16.0. The highest BCUT2D eigenvalue weighted by Crippen LogP contribution is 2.29. The van der Waals surface area contributed by atoms with Crippen LogP contribution >= 0.6 is 0 Å². The fraction of sp³-hybridized carbons (Fsp3) is 0.125. The van der Waals surface area contributed by atoms with E-state index in [9.17, 15) is 18.0 Å². The highest BCUT2D eigenvalue weighted by atomic mass is 32.2. The molecular formula is C16H12O7S. The molecule has 124 valence electrons. The van der Waals surface area contributed by atoms with Crippen molar-refractivity contribution in [3.8, 4) is 5.75 Å². The average molecular weight is 348 g/mol. The van der Waals surface area contributed by atoms with Crippen LogP contribution in [0.4, 0.5) is 0 Å². The SMILES string of the molecule is COc1cc(S(C)(=O)=O)c2oc3ccc(C(=O)O)cc3c(=O)c2c1. The largest absolute Gasteiger partial charge is 0.497 e. The van der Waals surface area contributed by atoms with E-state index in [1.165, 1.54) is 37.4 Å². The van der Waals surface area contributed by atoms with Gasteiger partial charge in [0.2, 0.25) is 5.43 Å². The minimum atomic E-state index is -3.68. The number of sulfone groups is 1. The quantitative estimate of drug-likeness (QED) is 0.721. The van der Waals surface area contributed by atoms with E-state index in [1.807, 2.05) is 0 Å². The standard InChI is InChI=1S/C16H12O7S/c1-22-9-6-11-14(17)10-5-8(16(18)19)3-4-12(10)23-15(11)13(7-9)24(2,20)21/h3-7H,1-2H3,(H,18,19). The maximum atomic E-state index is 12.7.